The van der Waals surface area contributed by atoms with Gasteiger partial charge in [-0.1, -0.05) is 17.7 Å². The first-order valence-electron chi connectivity index (χ1n) is 8.55. The van der Waals surface area contributed by atoms with Crippen molar-refractivity contribution in [3.63, 3.8) is 0 Å². The molecule has 0 aliphatic carbocycles. The molecule has 148 valence electrons. The van der Waals surface area contributed by atoms with Gasteiger partial charge in [0.2, 0.25) is 5.91 Å². The lowest BCUT2D eigenvalue weighted by atomic mass is 10.0. The third-order valence-electron chi connectivity index (χ3n) is 4.21. The smallest absolute Gasteiger partial charge is 0.335 e. The maximum atomic E-state index is 13.2. The van der Waals surface area contributed by atoms with Crippen LogP contribution < -0.4 is 10.3 Å². The van der Waals surface area contributed by atoms with Gasteiger partial charge in [-0.2, -0.15) is 0 Å². The zero-order valence-corrected chi connectivity index (χ0v) is 15.7. The van der Waals surface area contributed by atoms with Crippen LogP contribution in [0, 0.1) is 0 Å². The van der Waals surface area contributed by atoms with E-state index in [1.807, 2.05) is 0 Å². The molecule has 1 aromatic heterocycles. The third kappa shape index (κ3) is 5.14. The van der Waals surface area contributed by atoms with Gasteiger partial charge in [-0.15, -0.1) is 0 Å². The average Bonchev–Trinajstić information content (AvgIpc) is 2.68. The number of carboxylic acid groups (broad SMARTS) is 1. The second-order valence-electron chi connectivity index (χ2n) is 6.24. The number of anilines is 1. The van der Waals surface area contributed by atoms with Crippen molar-refractivity contribution in [2.24, 2.45) is 0 Å². The summed E-state index contributed by atoms with van der Waals surface area (Å²) in [6, 6.07) is 13.2. The van der Waals surface area contributed by atoms with E-state index in [-0.39, 0.29) is 23.5 Å². The Labute approximate surface area is 170 Å². The summed E-state index contributed by atoms with van der Waals surface area (Å²) in [4.78, 5) is 26.0. The SMILES string of the molecule is O=C(Cc1ccc(-c2cc(Cl)ccc2C(F)F)c[nH+]1)Nc1ccc(C(=O)O)cc1. The number of amides is 1. The van der Waals surface area contributed by atoms with E-state index in [4.69, 9.17) is 16.7 Å². The lowest BCUT2D eigenvalue weighted by molar-refractivity contribution is -0.388. The fourth-order valence-electron chi connectivity index (χ4n) is 2.78. The largest absolute Gasteiger partial charge is 0.478 e. The number of carboxylic acids is 1. The predicted octanol–water partition coefficient (Wildman–Crippen LogP) is 4.64. The average molecular weight is 418 g/mol. The van der Waals surface area contributed by atoms with E-state index in [9.17, 15) is 18.4 Å². The van der Waals surface area contributed by atoms with Gasteiger partial charge in [-0.3, -0.25) is 4.79 Å². The Bertz CT molecular complexity index is 1040. The molecule has 0 saturated carbocycles. The molecular weight excluding hydrogens is 402 g/mol. The summed E-state index contributed by atoms with van der Waals surface area (Å²) in [7, 11) is 0. The first-order valence-corrected chi connectivity index (χ1v) is 8.93. The molecule has 0 spiro atoms. The molecule has 0 atom stereocenters. The molecule has 2 aromatic carbocycles. The number of aromatic carboxylic acids is 1. The van der Waals surface area contributed by atoms with Gasteiger partial charge in [0.1, 0.15) is 6.42 Å². The number of halogens is 3. The van der Waals surface area contributed by atoms with Crippen LogP contribution in [0.2, 0.25) is 5.02 Å². The number of aromatic nitrogens is 1. The summed E-state index contributed by atoms with van der Waals surface area (Å²) in [6.45, 7) is 0. The van der Waals surface area contributed by atoms with Crippen LogP contribution in [-0.2, 0) is 11.2 Å². The van der Waals surface area contributed by atoms with Crippen molar-refractivity contribution in [2.45, 2.75) is 12.8 Å². The molecule has 29 heavy (non-hydrogen) atoms. The number of rotatable bonds is 6. The molecule has 5 nitrogen and oxygen atoms in total. The minimum absolute atomic E-state index is 0.0260. The van der Waals surface area contributed by atoms with Crippen molar-refractivity contribution in [3.05, 3.63) is 82.6 Å². The number of benzene rings is 2. The van der Waals surface area contributed by atoms with Crippen LogP contribution in [-0.4, -0.2) is 17.0 Å². The van der Waals surface area contributed by atoms with E-state index in [1.165, 1.54) is 42.5 Å². The van der Waals surface area contributed by atoms with Crippen molar-refractivity contribution in [1.82, 2.24) is 0 Å². The zero-order valence-electron chi connectivity index (χ0n) is 15.0. The van der Waals surface area contributed by atoms with Crippen LogP contribution in [0.3, 0.4) is 0 Å². The summed E-state index contributed by atoms with van der Waals surface area (Å²) < 4.78 is 26.5. The highest BCUT2D eigenvalue weighted by atomic mass is 35.5. The number of hydrogen-bond donors (Lipinski definition) is 2. The van der Waals surface area contributed by atoms with Gasteiger partial charge in [0.15, 0.2) is 11.9 Å². The molecule has 1 amide bonds. The Balaban J connectivity index is 1.70. The molecule has 0 aliphatic rings. The van der Waals surface area contributed by atoms with E-state index in [2.05, 4.69) is 10.3 Å². The third-order valence-corrected chi connectivity index (χ3v) is 4.44. The lowest BCUT2D eigenvalue weighted by Crippen LogP contribution is -2.20. The van der Waals surface area contributed by atoms with E-state index >= 15 is 0 Å². The van der Waals surface area contributed by atoms with Crippen LogP contribution in [0.1, 0.15) is 28.0 Å². The molecule has 3 rings (SSSR count). The number of carbonyl (C=O) groups is 2. The van der Waals surface area contributed by atoms with Crippen molar-refractivity contribution in [3.8, 4) is 11.1 Å². The normalized spacial score (nSPS) is 10.8. The molecule has 3 N–H and O–H groups in total. The van der Waals surface area contributed by atoms with Crippen molar-refractivity contribution < 1.29 is 28.5 Å². The molecule has 0 unspecified atom stereocenters. The second kappa shape index (κ2) is 8.79. The highest BCUT2D eigenvalue weighted by Gasteiger charge is 2.17. The van der Waals surface area contributed by atoms with Gasteiger partial charge in [0.25, 0.3) is 6.43 Å². The van der Waals surface area contributed by atoms with Gasteiger partial charge in [-0.25, -0.2) is 18.6 Å². The van der Waals surface area contributed by atoms with E-state index < -0.39 is 12.4 Å². The van der Waals surface area contributed by atoms with Crippen LogP contribution in [0.4, 0.5) is 14.5 Å². The topological polar surface area (TPSA) is 80.5 Å². The summed E-state index contributed by atoms with van der Waals surface area (Å²) in [5.41, 5.74) is 1.88. The number of H-pyrrole nitrogens is 1. The minimum atomic E-state index is -2.64. The standard InChI is InChI=1S/C21H15ClF2N2O3/c22-14-4-8-17(20(23)24)18(9-14)13-3-7-16(25-11-13)10-19(27)26-15-5-1-12(2-6-15)21(28)29/h1-9,11,20H,10H2,(H,26,27)(H,28,29)/p+1. The zero-order chi connectivity index (χ0) is 21.0. The molecule has 1 heterocycles. The van der Waals surface area contributed by atoms with Gasteiger partial charge in [0.05, 0.1) is 5.56 Å². The second-order valence-corrected chi connectivity index (χ2v) is 6.68. The summed E-state index contributed by atoms with van der Waals surface area (Å²) >= 11 is 5.94. The van der Waals surface area contributed by atoms with Gasteiger partial charge in [0, 0.05) is 27.9 Å². The predicted molar refractivity (Wildman–Crippen MR) is 104 cm³/mol. The molecule has 0 aliphatic heterocycles. The Morgan fingerprint density at radius 2 is 1.79 bits per heavy atom. The number of hydrogen-bond acceptors (Lipinski definition) is 2. The first-order chi connectivity index (χ1) is 13.8. The van der Waals surface area contributed by atoms with E-state index in [0.717, 1.165) is 0 Å². The number of aromatic amines is 1. The van der Waals surface area contributed by atoms with Crippen LogP contribution in [0.5, 0.6) is 0 Å². The molecule has 3 aromatic rings. The molecule has 8 heteroatoms. The van der Waals surface area contributed by atoms with Crippen molar-refractivity contribution in [1.29, 1.82) is 0 Å². The molecule has 0 radical (unpaired) electrons. The van der Waals surface area contributed by atoms with E-state index in [0.29, 0.717) is 27.5 Å². The Kier molecular flexibility index (Phi) is 6.19. The van der Waals surface area contributed by atoms with Gasteiger partial charge < -0.3 is 10.4 Å². The summed E-state index contributed by atoms with van der Waals surface area (Å²) in [5, 5.41) is 11.9. The minimum Gasteiger partial charge on any atom is -0.478 e. The van der Waals surface area contributed by atoms with E-state index in [1.54, 1.807) is 18.3 Å². The van der Waals surface area contributed by atoms with Crippen LogP contribution >= 0.6 is 11.6 Å². The summed E-state index contributed by atoms with van der Waals surface area (Å²) in [5.74, 6) is -1.36. The molecule has 0 bridgehead atoms. The Hall–Kier alpha value is -3.32. The maximum Gasteiger partial charge on any atom is 0.335 e. The number of carbonyl (C=O) groups excluding carboxylic acids is 1. The van der Waals surface area contributed by atoms with Gasteiger partial charge >= 0.3 is 5.97 Å². The monoisotopic (exact) mass is 417 g/mol. The lowest BCUT2D eigenvalue weighted by Gasteiger charge is -2.08. The summed E-state index contributed by atoms with van der Waals surface area (Å²) in [6.07, 6.45) is -1.07. The number of pyridine rings is 1. The Morgan fingerprint density at radius 3 is 2.38 bits per heavy atom. The highest BCUT2D eigenvalue weighted by Crippen LogP contribution is 2.32. The first kappa shape index (κ1) is 20.4. The van der Waals surface area contributed by atoms with Crippen LogP contribution in [0.15, 0.2) is 60.8 Å². The molecule has 0 saturated heterocycles. The number of nitrogens with one attached hydrogen (secondary N) is 2. The Morgan fingerprint density at radius 1 is 1.07 bits per heavy atom. The maximum absolute atomic E-state index is 13.2. The highest BCUT2D eigenvalue weighted by molar-refractivity contribution is 6.30. The quantitative estimate of drug-likeness (QED) is 0.613. The van der Waals surface area contributed by atoms with Crippen LogP contribution in [0.25, 0.3) is 11.1 Å². The van der Waals surface area contributed by atoms with Gasteiger partial charge in [-0.05, 0) is 48.0 Å². The van der Waals surface area contributed by atoms with Crippen molar-refractivity contribution in [2.75, 3.05) is 5.32 Å². The number of alkyl halides is 2. The fraction of sp³-hybridized carbons (Fsp3) is 0.0952. The van der Waals surface area contributed by atoms with Crippen molar-refractivity contribution >= 4 is 29.2 Å². The fourth-order valence-corrected chi connectivity index (χ4v) is 2.95. The molecule has 0 fully saturated rings. The molecular formula is C21H16ClF2N2O3+.